The van der Waals surface area contributed by atoms with Gasteiger partial charge in [0.05, 0.1) is 18.8 Å². The van der Waals surface area contributed by atoms with Gasteiger partial charge in [-0.3, -0.25) is 4.79 Å². The highest BCUT2D eigenvalue weighted by Gasteiger charge is 2.17. The van der Waals surface area contributed by atoms with Crippen LogP contribution in [0.3, 0.4) is 0 Å². The predicted molar refractivity (Wildman–Crippen MR) is 216 cm³/mol. The zero-order valence-electron chi connectivity index (χ0n) is 33.0. The lowest BCUT2D eigenvalue weighted by Gasteiger charge is -2.19. The number of nitrogens with one attached hydrogen (secondary N) is 1. The van der Waals surface area contributed by atoms with E-state index in [2.05, 4.69) is 43.5 Å². The molecule has 0 spiro atoms. The van der Waals surface area contributed by atoms with Gasteiger partial charge in [0.2, 0.25) is 5.91 Å². The fourth-order valence-corrected chi connectivity index (χ4v) is 6.50. The van der Waals surface area contributed by atoms with Gasteiger partial charge in [0.1, 0.15) is 0 Å². The van der Waals surface area contributed by atoms with Gasteiger partial charge in [0.25, 0.3) is 0 Å². The van der Waals surface area contributed by atoms with Crippen molar-refractivity contribution in [3.8, 4) is 0 Å². The largest absolute Gasteiger partial charge is 0.394 e. The first-order valence-corrected chi connectivity index (χ1v) is 21.7. The summed E-state index contributed by atoms with van der Waals surface area (Å²) in [5.74, 6) is -0.0881. The van der Waals surface area contributed by atoms with Crippen LogP contribution < -0.4 is 5.32 Å². The summed E-state index contributed by atoms with van der Waals surface area (Å²) in [4.78, 5) is 12.1. The van der Waals surface area contributed by atoms with E-state index in [0.717, 1.165) is 38.5 Å². The minimum Gasteiger partial charge on any atom is -0.394 e. The van der Waals surface area contributed by atoms with Crippen molar-refractivity contribution in [1.82, 2.24) is 5.32 Å². The summed E-state index contributed by atoms with van der Waals surface area (Å²) in [7, 11) is 0. The highest BCUT2D eigenvalue weighted by atomic mass is 16.3. The van der Waals surface area contributed by atoms with Crippen LogP contribution in [0.1, 0.15) is 226 Å². The summed E-state index contributed by atoms with van der Waals surface area (Å²) in [5.41, 5.74) is 0. The van der Waals surface area contributed by atoms with E-state index in [0.29, 0.717) is 6.42 Å². The zero-order valence-corrected chi connectivity index (χ0v) is 33.0. The highest BCUT2D eigenvalue weighted by Crippen LogP contribution is 2.15. The van der Waals surface area contributed by atoms with Crippen molar-refractivity contribution < 1.29 is 15.0 Å². The lowest BCUT2D eigenvalue weighted by atomic mass is 10.0. The minimum absolute atomic E-state index is 0.0881. The number of allylic oxidation sites excluding steroid dienone is 5. The van der Waals surface area contributed by atoms with E-state index in [1.165, 1.54) is 167 Å². The number of hydrogen-bond acceptors (Lipinski definition) is 3. The Hall–Kier alpha value is -1.39. The SMILES string of the molecule is CCCCCCCCCCCCCCCCCCCCCCC/C=C/CC/C=C/CC/C=C/C(O)C(CO)NC(=O)CCCCCCCC. The zero-order chi connectivity index (χ0) is 35.7. The summed E-state index contributed by atoms with van der Waals surface area (Å²) in [6.45, 7) is 4.23. The number of aliphatic hydroxyl groups excluding tert-OH is 2. The van der Waals surface area contributed by atoms with E-state index >= 15 is 0 Å². The molecule has 0 bridgehead atoms. The molecule has 3 N–H and O–H groups in total. The van der Waals surface area contributed by atoms with Crippen LogP contribution in [-0.2, 0) is 4.79 Å². The quantitative estimate of drug-likeness (QED) is 0.0445. The molecule has 2 unspecified atom stereocenters. The number of amides is 1. The maximum atomic E-state index is 12.1. The Kier molecular flexibility index (Phi) is 39.9. The Bertz CT molecular complexity index is 746. The number of carbonyl (C=O) groups is 1. The average molecular weight is 688 g/mol. The summed E-state index contributed by atoms with van der Waals surface area (Å²) in [6, 6.07) is -0.639. The Morgan fingerprint density at radius 3 is 1.18 bits per heavy atom. The normalized spacial score (nSPS) is 13.3. The minimum atomic E-state index is -0.865. The molecule has 2 atom stereocenters. The average Bonchev–Trinajstić information content (AvgIpc) is 3.11. The van der Waals surface area contributed by atoms with Crippen LogP contribution in [0.15, 0.2) is 36.5 Å². The molecule has 1 amide bonds. The maximum absolute atomic E-state index is 12.1. The standard InChI is InChI=1S/C45H85NO3/c1-3-5-7-9-11-12-13-14-15-16-17-18-19-20-21-22-23-24-25-26-27-28-29-30-31-32-33-34-35-36-38-40-44(48)43(42-47)46-45(49)41-39-37-10-8-6-4-2/h29-30,33-34,38,40,43-44,47-48H,3-28,31-32,35-37,39,41-42H2,1-2H3,(H,46,49)/b30-29+,34-33+,40-38+. The number of hydrogen-bond donors (Lipinski definition) is 3. The van der Waals surface area contributed by atoms with E-state index in [4.69, 9.17) is 0 Å². The summed E-state index contributed by atoms with van der Waals surface area (Å²) in [6.07, 6.45) is 54.4. The van der Waals surface area contributed by atoms with Crippen LogP contribution >= 0.6 is 0 Å². The molecule has 0 aliphatic carbocycles. The Morgan fingerprint density at radius 2 is 0.796 bits per heavy atom. The second-order valence-corrected chi connectivity index (χ2v) is 14.8. The van der Waals surface area contributed by atoms with Gasteiger partial charge in [-0.25, -0.2) is 0 Å². The summed E-state index contributed by atoms with van der Waals surface area (Å²) >= 11 is 0. The molecule has 0 aromatic carbocycles. The summed E-state index contributed by atoms with van der Waals surface area (Å²) in [5, 5.41) is 22.7. The number of aliphatic hydroxyl groups is 2. The van der Waals surface area contributed by atoms with E-state index in [-0.39, 0.29) is 12.5 Å². The van der Waals surface area contributed by atoms with Crippen LogP contribution in [-0.4, -0.2) is 34.9 Å². The maximum Gasteiger partial charge on any atom is 0.220 e. The van der Waals surface area contributed by atoms with Crippen molar-refractivity contribution in [2.24, 2.45) is 0 Å². The molecule has 0 fully saturated rings. The van der Waals surface area contributed by atoms with E-state index in [1.807, 2.05) is 6.08 Å². The van der Waals surface area contributed by atoms with Gasteiger partial charge in [0.15, 0.2) is 0 Å². The van der Waals surface area contributed by atoms with Crippen LogP contribution in [0.4, 0.5) is 0 Å². The first-order chi connectivity index (χ1) is 24.2. The molecule has 0 radical (unpaired) electrons. The van der Waals surface area contributed by atoms with Gasteiger partial charge in [-0.2, -0.15) is 0 Å². The second-order valence-electron chi connectivity index (χ2n) is 14.8. The Morgan fingerprint density at radius 1 is 0.469 bits per heavy atom. The lowest BCUT2D eigenvalue weighted by molar-refractivity contribution is -0.123. The Labute approximate surface area is 306 Å². The van der Waals surface area contributed by atoms with Gasteiger partial charge in [-0.05, 0) is 44.9 Å². The molecule has 49 heavy (non-hydrogen) atoms. The van der Waals surface area contributed by atoms with E-state index in [1.54, 1.807) is 6.08 Å². The molecular formula is C45H85NO3. The number of unbranched alkanes of at least 4 members (excludes halogenated alkanes) is 28. The van der Waals surface area contributed by atoms with Gasteiger partial charge in [-0.15, -0.1) is 0 Å². The summed E-state index contributed by atoms with van der Waals surface area (Å²) < 4.78 is 0. The third kappa shape index (κ3) is 37.7. The van der Waals surface area contributed by atoms with Crippen molar-refractivity contribution >= 4 is 5.91 Å². The first-order valence-electron chi connectivity index (χ1n) is 21.7. The first kappa shape index (κ1) is 47.6. The van der Waals surface area contributed by atoms with Crippen LogP contribution in [0.5, 0.6) is 0 Å². The lowest BCUT2D eigenvalue weighted by Crippen LogP contribution is -2.45. The molecule has 0 aliphatic heterocycles. The predicted octanol–water partition coefficient (Wildman–Crippen LogP) is 13.4. The van der Waals surface area contributed by atoms with Crippen molar-refractivity contribution in [1.29, 1.82) is 0 Å². The number of carbonyl (C=O) groups excluding carboxylic acids is 1. The second kappa shape index (κ2) is 41.0. The van der Waals surface area contributed by atoms with Crippen molar-refractivity contribution in [3.05, 3.63) is 36.5 Å². The van der Waals surface area contributed by atoms with E-state index in [9.17, 15) is 15.0 Å². The molecule has 0 saturated carbocycles. The van der Waals surface area contributed by atoms with Crippen molar-refractivity contribution in [2.75, 3.05) is 6.61 Å². The van der Waals surface area contributed by atoms with Crippen LogP contribution in [0.2, 0.25) is 0 Å². The van der Waals surface area contributed by atoms with Crippen molar-refractivity contribution in [2.45, 2.75) is 238 Å². The molecular weight excluding hydrogens is 602 g/mol. The topological polar surface area (TPSA) is 69.6 Å². The molecule has 0 aromatic rings. The third-order valence-electron chi connectivity index (χ3n) is 9.85. The van der Waals surface area contributed by atoms with Crippen molar-refractivity contribution in [3.63, 3.8) is 0 Å². The third-order valence-corrected chi connectivity index (χ3v) is 9.85. The van der Waals surface area contributed by atoms with Gasteiger partial charge < -0.3 is 15.5 Å². The Balaban J connectivity index is 3.48. The smallest absolute Gasteiger partial charge is 0.220 e. The van der Waals surface area contributed by atoms with Crippen LogP contribution in [0, 0.1) is 0 Å². The molecule has 0 rings (SSSR count). The molecule has 0 heterocycles. The monoisotopic (exact) mass is 688 g/mol. The van der Waals surface area contributed by atoms with Crippen LogP contribution in [0.25, 0.3) is 0 Å². The molecule has 4 heteroatoms. The molecule has 0 aliphatic rings. The molecule has 0 aromatic heterocycles. The van der Waals surface area contributed by atoms with Gasteiger partial charge in [-0.1, -0.05) is 211 Å². The number of rotatable bonds is 39. The van der Waals surface area contributed by atoms with Gasteiger partial charge in [0, 0.05) is 6.42 Å². The fraction of sp³-hybridized carbons (Fsp3) is 0.844. The van der Waals surface area contributed by atoms with E-state index < -0.39 is 12.1 Å². The fourth-order valence-electron chi connectivity index (χ4n) is 6.50. The molecule has 288 valence electrons. The molecule has 0 saturated heterocycles. The highest BCUT2D eigenvalue weighted by molar-refractivity contribution is 5.76. The van der Waals surface area contributed by atoms with Gasteiger partial charge >= 0.3 is 0 Å². The molecule has 4 nitrogen and oxygen atoms in total.